The SMILES string of the molecule is C[C@@H]1NC(=O)COC12CCN(Cc1cnn(C)c1)CC2. The smallest absolute Gasteiger partial charge is 0.246 e. The Hall–Kier alpha value is -1.40. The molecule has 110 valence electrons. The van der Waals surface area contributed by atoms with Gasteiger partial charge in [0.15, 0.2) is 0 Å². The molecule has 0 aliphatic carbocycles. The summed E-state index contributed by atoms with van der Waals surface area (Å²) in [5, 5.41) is 7.22. The molecule has 2 aliphatic rings. The Kier molecular flexibility index (Phi) is 3.52. The minimum atomic E-state index is -0.167. The molecular weight excluding hydrogens is 256 g/mol. The van der Waals surface area contributed by atoms with E-state index in [9.17, 15) is 4.79 Å². The van der Waals surface area contributed by atoms with Crippen LogP contribution in [0, 0.1) is 0 Å². The first-order valence-corrected chi connectivity index (χ1v) is 7.21. The predicted octanol–water partition coefficient (Wildman–Crippen LogP) is 0.290. The van der Waals surface area contributed by atoms with Crippen molar-refractivity contribution in [1.29, 1.82) is 0 Å². The Morgan fingerprint density at radius 1 is 1.50 bits per heavy atom. The first-order valence-electron chi connectivity index (χ1n) is 7.21. The summed E-state index contributed by atoms with van der Waals surface area (Å²) in [5.41, 5.74) is 1.08. The normalized spacial score (nSPS) is 26.7. The molecule has 2 saturated heterocycles. The number of hydrogen-bond donors (Lipinski definition) is 1. The molecular formula is C14H22N4O2. The largest absolute Gasteiger partial charge is 0.363 e. The maximum Gasteiger partial charge on any atom is 0.246 e. The highest BCUT2D eigenvalue weighted by Crippen LogP contribution is 2.32. The van der Waals surface area contributed by atoms with Crippen LogP contribution in [-0.2, 0) is 23.1 Å². The standard InChI is InChI=1S/C14H22N4O2/c1-11-14(20-10-13(19)16-11)3-5-18(6-4-14)9-12-7-15-17(2)8-12/h7-8,11H,3-6,9-10H2,1-2H3,(H,16,19)/t11-/m0/s1. The van der Waals surface area contributed by atoms with Crippen molar-refractivity contribution in [2.45, 2.75) is 38.0 Å². The summed E-state index contributed by atoms with van der Waals surface area (Å²) >= 11 is 0. The highest BCUT2D eigenvalue weighted by molar-refractivity contribution is 5.78. The number of rotatable bonds is 2. The number of carbonyl (C=O) groups excluding carboxylic acids is 1. The average Bonchev–Trinajstić information content (AvgIpc) is 2.82. The van der Waals surface area contributed by atoms with Gasteiger partial charge in [-0.15, -0.1) is 0 Å². The summed E-state index contributed by atoms with van der Waals surface area (Å²) in [4.78, 5) is 13.8. The van der Waals surface area contributed by atoms with E-state index >= 15 is 0 Å². The van der Waals surface area contributed by atoms with E-state index in [-0.39, 0.29) is 24.2 Å². The molecule has 0 bridgehead atoms. The molecule has 6 heteroatoms. The number of nitrogens with one attached hydrogen (secondary N) is 1. The van der Waals surface area contributed by atoms with Crippen LogP contribution in [0.3, 0.4) is 0 Å². The molecule has 2 aliphatic heterocycles. The molecule has 0 radical (unpaired) electrons. The fourth-order valence-electron chi connectivity index (χ4n) is 3.23. The Bertz CT molecular complexity index is 491. The fourth-order valence-corrected chi connectivity index (χ4v) is 3.23. The zero-order valence-corrected chi connectivity index (χ0v) is 12.1. The van der Waals surface area contributed by atoms with E-state index in [4.69, 9.17) is 4.74 Å². The van der Waals surface area contributed by atoms with Gasteiger partial charge >= 0.3 is 0 Å². The minimum absolute atomic E-state index is 0.000847. The maximum absolute atomic E-state index is 11.4. The van der Waals surface area contributed by atoms with E-state index in [2.05, 4.69) is 21.5 Å². The lowest BCUT2D eigenvalue weighted by molar-refractivity contribution is -0.159. The second kappa shape index (κ2) is 5.18. The van der Waals surface area contributed by atoms with E-state index in [0.717, 1.165) is 32.5 Å². The Morgan fingerprint density at radius 3 is 2.85 bits per heavy atom. The minimum Gasteiger partial charge on any atom is -0.363 e. The van der Waals surface area contributed by atoms with Crippen molar-refractivity contribution in [3.63, 3.8) is 0 Å². The highest BCUT2D eigenvalue weighted by atomic mass is 16.5. The number of piperidine rings is 1. The second-order valence-electron chi connectivity index (χ2n) is 5.94. The summed E-state index contributed by atoms with van der Waals surface area (Å²) in [6.07, 6.45) is 5.91. The number of hydrogen-bond acceptors (Lipinski definition) is 4. The second-order valence-corrected chi connectivity index (χ2v) is 5.94. The summed E-state index contributed by atoms with van der Waals surface area (Å²) < 4.78 is 7.71. The van der Waals surface area contributed by atoms with Crippen molar-refractivity contribution >= 4 is 5.91 Å². The van der Waals surface area contributed by atoms with Crippen molar-refractivity contribution in [2.24, 2.45) is 7.05 Å². The van der Waals surface area contributed by atoms with E-state index in [1.54, 1.807) is 0 Å². The molecule has 20 heavy (non-hydrogen) atoms. The molecule has 3 rings (SSSR count). The summed E-state index contributed by atoms with van der Waals surface area (Å²) in [6.45, 7) is 5.18. The third-order valence-corrected chi connectivity index (χ3v) is 4.52. The summed E-state index contributed by atoms with van der Waals surface area (Å²) in [5.74, 6) is 0.000847. The van der Waals surface area contributed by atoms with Crippen LogP contribution in [0.1, 0.15) is 25.3 Å². The molecule has 1 atom stereocenters. The molecule has 1 N–H and O–H groups in total. The van der Waals surface area contributed by atoms with Gasteiger partial charge in [0, 0.05) is 38.4 Å². The van der Waals surface area contributed by atoms with Crippen molar-refractivity contribution in [3.05, 3.63) is 18.0 Å². The van der Waals surface area contributed by atoms with Gasteiger partial charge < -0.3 is 10.1 Å². The maximum atomic E-state index is 11.4. The lowest BCUT2D eigenvalue weighted by Gasteiger charge is -2.47. The van der Waals surface area contributed by atoms with Crippen molar-refractivity contribution in [1.82, 2.24) is 20.0 Å². The Balaban J connectivity index is 1.57. The monoisotopic (exact) mass is 278 g/mol. The van der Waals surface area contributed by atoms with Gasteiger partial charge in [0.25, 0.3) is 0 Å². The number of ether oxygens (including phenoxy) is 1. The topological polar surface area (TPSA) is 59.4 Å². The molecule has 6 nitrogen and oxygen atoms in total. The molecule has 0 aromatic carbocycles. The van der Waals surface area contributed by atoms with Crippen LogP contribution in [0.2, 0.25) is 0 Å². The van der Waals surface area contributed by atoms with Gasteiger partial charge in [-0.2, -0.15) is 5.10 Å². The number of morpholine rings is 1. The Labute approximate surface area is 119 Å². The van der Waals surface area contributed by atoms with Crippen LogP contribution in [-0.4, -0.2) is 51.9 Å². The van der Waals surface area contributed by atoms with E-state index in [1.807, 2.05) is 24.9 Å². The first kappa shape index (κ1) is 13.6. The third kappa shape index (κ3) is 2.58. The van der Waals surface area contributed by atoms with Crippen LogP contribution < -0.4 is 5.32 Å². The van der Waals surface area contributed by atoms with Gasteiger partial charge in [-0.25, -0.2) is 0 Å². The van der Waals surface area contributed by atoms with Crippen LogP contribution in [0.15, 0.2) is 12.4 Å². The molecule has 0 saturated carbocycles. The van der Waals surface area contributed by atoms with E-state index in [1.165, 1.54) is 5.56 Å². The number of carbonyl (C=O) groups is 1. The molecule has 3 heterocycles. The fraction of sp³-hybridized carbons (Fsp3) is 0.714. The van der Waals surface area contributed by atoms with Crippen LogP contribution >= 0.6 is 0 Å². The van der Waals surface area contributed by atoms with E-state index in [0.29, 0.717) is 0 Å². The lowest BCUT2D eigenvalue weighted by Crippen LogP contribution is -2.62. The summed E-state index contributed by atoms with van der Waals surface area (Å²) in [7, 11) is 1.94. The zero-order valence-electron chi connectivity index (χ0n) is 12.1. The van der Waals surface area contributed by atoms with E-state index < -0.39 is 0 Å². The number of aromatic nitrogens is 2. The molecule has 0 unspecified atom stereocenters. The lowest BCUT2D eigenvalue weighted by atomic mass is 9.83. The number of aryl methyl sites for hydroxylation is 1. The third-order valence-electron chi connectivity index (χ3n) is 4.52. The Morgan fingerprint density at radius 2 is 2.25 bits per heavy atom. The van der Waals surface area contributed by atoms with Gasteiger partial charge in [-0.3, -0.25) is 14.4 Å². The van der Waals surface area contributed by atoms with Crippen molar-refractivity contribution in [2.75, 3.05) is 19.7 Å². The van der Waals surface area contributed by atoms with Gasteiger partial charge in [0.2, 0.25) is 5.91 Å². The quantitative estimate of drug-likeness (QED) is 0.845. The van der Waals surface area contributed by atoms with Crippen molar-refractivity contribution in [3.8, 4) is 0 Å². The van der Waals surface area contributed by atoms with Gasteiger partial charge in [-0.05, 0) is 19.8 Å². The average molecular weight is 278 g/mol. The van der Waals surface area contributed by atoms with Gasteiger partial charge in [-0.1, -0.05) is 0 Å². The summed E-state index contributed by atoms with van der Waals surface area (Å²) in [6, 6.07) is 0.101. The number of amides is 1. The molecule has 1 amide bonds. The van der Waals surface area contributed by atoms with Gasteiger partial charge in [0.1, 0.15) is 6.61 Å². The zero-order chi connectivity index (χ0) is 14.2. The molecule has 1 aromatic rings. The molecule has 2 fully saturated rings. The number of likely N-dealkylation sites (tertiary alicyclic amines) is 1. The molecule has 1 spiro atoms. The first-order chi connectivity index (χ1) is 9.57. The highest BCUT2D eigenvalue weighted by Gasteiger charge is 2.44. The van der Waals surface area contributed by atoms with Crippen molar-refractivity contribution < 1.29 is 9.53 Å². The van der Waals surface area contributed by atoms with Gasteiger partial charge in [0.05, 0.1) is 17.8 Å². The molecule has 1 aromatic heterocycles. The predicted molar refractivity (Wildman–Crippen MR) is 74.0 cm³/mol. The van der Waals surface area contributed by atoms with Crippen LogP contribution in [0.5, 0.6) is 0 Å². The van der Waals surface area contributed by atoms with Crippen LogP contribution in [0.4, 0.5) is 0 Å². The number of nitrogens with zero attached hydrogens (tertiary/aromatic N) is 3. The van der Waals surface area contributed by atoms with Crippen LogP contribution in [0.25, 0.3) is 0 Å².